The van der Waals surface area contributed by atoms with E-state index in [4.69, 9.17) is 23.7 Å². The van der Waals surface area contributed by atoms with Gasteiger partial charge in [0.15, 0.2) is 5.60 Å². The van der Waals surface area contributed by atoms with Gasteiger partial charge in [0.05, 0.1) is 18.8 Å². The Kier molecular flexibility index (Phi) is 10.7. The van der Waals surface area contributed by atoms with Crippen molar-refractivity contribution in [3.05, 3.63) is 78.4 Å². The summed E-state index contributed by atoms with van der Waals surface area (Å²) in [7, 11) is 0. The Morgan fingerprint density at radius 2 is 1.27 bits per heavy atom. The average molecular weight is 561 g/mol. The molecule has 0 radical (unpaired) electrons. The zero-order chi connectivity index (χ0) is 29.2. The van der Waals surface area contributed by atoms with Crippen LogP contribution in [0.5, 0.6) is 28.7 Å². The van der Waals surface area contributed by atoms with E-state index in [9.17, 15) is 18.0 Å². The van der Waals surface area contributed by atoms with E-state index in [1.807, 2.05) is 0 Å². The Morgan fingerprint density at radius 1 is 0.750 bits per heavy atom. The maximum absolute atomic E-state index is 12.7. The van der Waals surface area contributed by atoms with Gasteiger partial charge in [0.2, 0.25) is 0 Å². The molecule has 0 amide bonds. The number of hydrogen-bond donors (Lipinski definition) is 0. The molecule has 0 bridgehead atoms. The lowest BCUT2D eigenvalue weighted by Crippen LogP contribution is -2.39. The van der Waals surface area contributed by atoms with Crippen molar-refractivity contribution in [3.63, 3.8) is 0 Å². The van der Waals surface area contributed by atoms with Crippen molar-refractivity contribution < 1.29 is 41.7 Å². The predicted molar refractivity (Wildman–Crippen MR) is 145 cm³/mol. The fraction of sp³-hybridized carbons (Fsp3) is 0.387. The van der Waals surface area contributed by atoms with Crippen LogP contribution >= 0.6 is 0 Å². The van der Waals surface area contributed by atoms with Crippen LogP contribution in [0.1, 0.15) is 52.5 Å². The van der Waals surface area contributed by atoms with Crippen LogP contribution in [-0.2, 0) is 15.7 Å². The molecule has 40 heavy (non-hydrogen) atoms. The van der Waals surface area contributed by atoms with Crippen LogP contribution < -0.4 is 18.9 Å². The first-order valence-corrected chi connectivity index (χ1v) is 13.2. The Hall–Kier alpha value is -3.88. The van der Waals surface area contributed by atoms with Gasteiger partial charge in [-0.25, -0.2) is 4.79 Å². The number of hydrogen-bond acceptors (Lipinski definition) is 6. The third kappa shape index (κ3) is 9.39. The van der Waals surface area contributed by atoms with Gasteiger partial charge in [-0.3, -0.25) is 0 Å². The maximum Gasteiger partial charge on any atom is 0.416 e. The summed E-state index contributed by atoms with van der Waals surface area (Å²) in [5, 5.41) is 0. The minimum Gasteiger partial charge on any atom is -0.493 e. The summed E-state index contributed by atoms with van der Waals surface area (Å²) in [5.41, 5.74) is -1.83. The second kappa shape index (κ2) is 14.0. The topological polar surface area (TPSA) is 63.2 Å². The summed E-state index contributed by atoms with van der Waals surface area (Å²) in [6.45, 7) is 7.86. The number of alkyl halides is 3. The van der Waals surface area contributed by atoms with E-state index in [1.54, 1.807) is 69.3 Å². The number of halogens is 3. The van der Waals surface area contributed by atoms with Gasteiger partial charge >= 0.3 is 12.1 Å². The molecule has 0 aliphatic rings. The van der Waals surface area contributed by atoms with E-state index in [-0.39, 0.29) is 12.7 Å². The van der Waals surface area contributed by atoms with Crippen LogP contribution in [-0.4, -0.2) is 30.9 Å². The smallest absolute Gasteiger partial charge is 0.416 e. The lowest BCUT2D eigenvalue weighted by atomic mass is 10.1. The third-order valence-corrected chi connectivity index (χ3v) is 5.83. The first-order valence-electron chi connectivity index (χ1n) is 13.2. The number of carbonyl (C=O) groups excluding carboxylic acids is 1. The van der Waals surface area contributed by atoms with Gasteiger partial charge in [0, 0.05) is 6.42 Å². The molecule has 9 heteroatoms. The van der Waals surface area contributed by atoms with Crippen molar-refractivity contribution in [1.29, 1.82) is 0 Å². The highest BCUT2D eigenvalue weighted by atomic mass is 19.4. The molecule has 0 aliphatic heterocycles. The van der Waals surface area contributed by atoms with E-state index < -0.39 is 23.3 Å². The molecule has 1 atom stereocenters. The molecule has 0 saturated carbocycles. The second-order valence-corrected chi connectivity index (χ2v) is 9.57. The van der Waals surface area contributed by atoms with Crippen molar-refractivity contribution in [2.75, 3.05) is 13.2 Å². The Morgan fingerprint density at radius 3 is 1.82 bits per heavy atom. The molecule has 0 fully saturated rings. The molecule has 0 unspecified atom stereocenters. The highest BCUT2D eigenvalue weighted by Gasteiger charge is 2.31. The van der Waals surface area contributed by atoms with E-state index in [0.29, 0.717) is 41.8 Å². The molecular weight excluding hydrogens is 525 g/mol. The molecule has 0 spiro atoms. The van der Waals surface area contributed by atoms with Crippen molar-refractivity contribution >= 4 is 5.97 Å². The van der Waals surface area contributed by atoms with Gasteiger partial charge in [-0.2, -0.15) is 13.2 Å². The molecule has 0 aliphatic carbocycles. The molecule has 3 aromatic carbocycles. The molecule has 0 N–H and O–H groups in total. The van der Waals surface area contributed by atoms with Crippen LogP contribution in [0.3, 0.4) is 0 Å². The summed E-state index contributed by atoms with van der Waals surface area (Å²) < 4.78 is 66.7. The second-order valence-electron chi connectivity index (χ2n) is 9.57. The lowest BCUT2D eigenvalue weighted by Gasteiger charge is -2.24. The zero-order valence-corrected chi connectivity index (χ0v) is 23.1. The molecule has 3 aromatic rings. The first kappa shape index (κ1) is 30.7. The predicted octanol–water partition coefficient (Wildman–Crippen LogP) is 8.23. The fourth-order valence-corrected chi connectivity index (χ4v) is 3.76. The van der Waals surface area contributed by atoms with Crippen LogP contribution in [0.2, 0.25) is 0 Å². The quantitative estimate of drug-likeness (QED) is 0.185. The summed E-state index contributed by atoms with van der Waals surface area (Å²) in [4.78, 5) is 12.0. The van der Waals surface area contributed by atoms with Crippen LogP contribution in [0.15, 0.2) is 72.8 Å². The average Bonchev–Trinajstić information content (AvgIpc) is 2.91. The van der Waals surface area contributed by atoms with Gasteiger partial charge in [0.25, 0.3) is 0 Å². The molecular formula is C31H35F3O6. The van der Waals surface area contributed by atoms with Crippen LogP contribution in [0.25, 0.3) is 0 Å². The van der Waals surface area contributed by atoms with Crippen molar-refractivity contribution in [1.82, 2.24) is 0 Å². The van der Waals surface area contributed by atoms with Crippen molar-refractivity contribution in [3.8, 4) is 28.7 Å². The Bertz CT molecular complexity index is 1190. The number of esters is 1. The summed E-state index contributed by atoms with van der Waals surface area (Å²) in [5.74, 6) is 2.22. The largest absolute Gasteiger partial charge is 0.493 e. The van der Waals surface area contributed by atoms with Gasteiger partial charge in [-0.1, -0.05) is 13.3 Å². The molecule has 0 aromatic heterocycles. The standard InChI is InChI=1S/C31H35F3O6/c1-5-7-24(20-21-37-23-12-18-28(19-13-23)40-30(3,4)29(35)36-6-2)38-26-14-16-27(17-15-26)39-25-10-8-22(9-11-25)31(32,33)34/h8-19,24H,5-7,20-21H2,1-4H3/t24-/m1/s1. The fourth-order valence-electron chi connectivity index (χ4n) is 3.76. The first-order chi connectivity index (χ1) is 19.0. The molecule has 6 nitrogen and oxygen atoms in total. The molecule has 3 rings (SSSR count). The normalized spacial score (nSPS) is 12.4. The van der Waals surface area contributed by atoms with Crippen LogP contribution in [0.4, 0.5) is 13.2 Å². The summed E-state index contributed by atoms with van der Waals surface area (Å²) >= 11 is 0. The summed E-state index contributed by atoms with van der Waals surface area (Å²) in [6, 6.07) is 18.5. The summed E-state index contributed by atoms with van der Waals surface area (Å²) in [6.07, 6.45) is -2.03. The minimum atomic E-state index is -4.39. The lowest BCUT2D eigenvalue weighted by molar-refractivity contribution is -0.158. The van der Waals surface area contributed by atoms with Gasteiger partial charge < -0.3 is 23.7 Å². The van der Waals surface area contributed by atoms with E-state index in [0.717, 1.165) is 25.0 Å². The number of carbonyl (C=O) groups is 1. The highest BCUT2D eigenvalue weighted by Crippen LogP contribution is 2.32. The van der Waals surface area contributed by atoms with E-state index >= 15 is 0 Å². The van der Waals surface area contributed by atoms with Gasteiger partial charge in [-0.15, -0.1) is 0 Å². The Balaban J connectivity index is 1.48. The van der Waals surface area contributed by atoms with Crippen LogP contribution in [0, 0.1) is 0 Å². The number of ether oxygens (including phenoxy) is 5. The molecule has 216 valence electrons. The maximum atomic E-state index is 12.7. The Labute approximate surface area is 233 Å². The third-order valence-electron chi connectivity index (χ3n) is 5.83. The molecule has 0 saturated heterocycles. The van der Waals surface area contributed by atoms with E-state index in [2.05, 4.69) is 6.92 Å². The number of benzene rings is 3. The zero-order valence-electron chi connectivity index (χ0n) is 23.1. The van der Waals surface area contributed by atoms with Crippen molar-refractivity contribution in [2.45, 2.75) is 64.8 Å². The van der Waals surface area contributed by atoms with Gasteiger partial charge in [-0.05, 0) is 100.0 Å². The minimum absolute atomic E-state index is 0.0698. The SMILES string of the molecule is CCC[C@H](CCOc1ccc(OC(C)(C)C(=O)OCC)cc1)Oc1ccc(Oc2ccc(C(F)(F)F)cc2)cc1. The number of rotatable bonds is 14. The van der Waals surface area contributed by atoms with Crippen molar-refractivity contribution in [2.24, 2.45) is 0 Å². The molecule has 0 heterocycles. The monoisotopic (exact) mass is 560 g/mol. The highest BCUT2D eigenvalue weighted by molar-refractivity contribution is 5.79. The van der Waals surface area contributed by atoms with Gasteiger partial charge in [0.1, 0.15) is 34.9 Å². The van der Waals surface area contributed by atoms with E-state index in [1.165, 1.54) is 12.1 Å².